The standard InChI is InChI=1S/C13H17N3O2/c17-7-13(8-18-9-13)6-14-5-10-1-3-15-12-11(10)2-4-16-12/h1-4,14,17H,5-9H2,(H,15,16). The van der Waals surface area contributed by atoms with Crippen molar-refractivity contribution in [1.82, 2.24) is 15.3 Å². The summed E-state index contributed by atoms with van der Waals surface area (Å²) in [6.07, 6.45) is 3.71. The van der Waals surface area contributed by atoms with Gasteiger partial charge < -0.3 is 20.1 Å². The summed E-state index contributed by atoms with van der Waals surface area (Å²) in [5.74, 6) is 0. The van der Waals surface area contributed by atoms with Crippen molar-refractivity contribution in [1.29, 1.82) is 0 Å². The average molecular weight is 247 g/mol. The zero-order valence-electron chi connectivity index (χ0n) is 10.1. The number of nitrogens with zero attached hydrogens (tertiary/aromatic N) is 1. The molecule has 5 nitrogen and oxygen atoms in total. The molecule has 2 aromatic heterocycles. The van der Waals surface area contributed by atoms with E-state index in [0.29, 0.717) is 13.2 Å². The minimum Gasteiger partial charge on any atom is -0.396 e. The summed E-state index contributed by atoms with van der Waals surface area (Å²) in [4.78, 5) is 7.36. The Hall–Kier alpha value is -1.43. The van der Waals surface area contributed by atoms with Crippen molar-refractivity contribution in [3.63, 3.8) is 0 Å². The fourth-order valence-electron chi connectivity index (χ4n) is 2.27. The number of aromatic amines is 1. The molecule has 1 aliphatic heterocycles. The van der Waals surface area contributed by atoms with Crippen LogP contribution in [-0.2, 0) is 11.3 Å². The van der Waals surface area contributed by atoms with Gasteiger partial charge in [0.25, 0.3) is 0 Å². The van der Waals surface area contributed by atoms with Crippen LogP contribution in [-0.4, -0.2) is 41.4 Å². The van der Waals surface area contributed by atoms with Gasteiger partial charge in [0, 0.05) is 30.9 Å². The topological polar surface area (TPSA) is 70.2 Å². The first kappa shape index (κ1) is 11.6. The fraction of sp³-hybridized carbons (Fsp3) is 0.462. The van der Waals surface area contributed by atoms with E-state index in [9.17, 15) is 5.11 Å². The van der Waals surface area contributed by atoms with Gasteiger partial charge in [-0.15, -0.1) is 0 Å². The van der Waals surface area contributed by atoms with Crippen LogP contribution in [0.25, 0.3) is 11.0 Å². The lowest BCUT2D eigenvalue weighted by molar-refractivity contribution is -0.134. The van der Waals surface area contributed by atoms with E-state index in [0.717, 1.165) is 24.1 Å². The van der Waals surface area contributed by atoms with Gasteiger partial charge >= 0.3 is 0 Å². The monoisotopic (exact) mass is 247 g/mol. The lowest BCUT2D eigenvalue weighted by Crippen LogP contribution is -2.52. The van der Waals surface area contributed by atoms with Gasteiger partial charge in [-0.1, -0.05) is 0 Å². The van der Waals surface area contributed by atoms with Crippen LogP contribution < -0.4 is 5.32 Å². The molecule has 3 rings (SSSR count). The maximum Gasteiger partial charge on any atom is 0.137 e. The summed E-state index contributed by atoms with van der Waals surface area (Å²) < 4.78 is 5.17. The van der Waals surface area contributed by atoms with Crippen LogP contribution in [0.2, 0.25) is 0 Å². The molecule has 5 heteroatoms. The summed E-state index contributed by atoms with van der Waals surface area (Å²) in [5, 5.41) is 13.9. The van der Waals surface area contributed by atoms with Gasteiger partial charge in [0.1, 0.15) is 5.65 Å². The number of hydrogen-bond donors (Lipinski definition) is 3. The van der Waals surface area contributed by atoms with Gasteiger partial charge in [-0.05, 0) is 17.7 Å². The number of pyridine rings is 1. The van der Waals surface area contributed by atoms with Crippen LogP contribution in [0.4, 0.5) is 0 Å². The SMILES string of the molecule is OCC1(CNCc2ccnc3[nH]ccc23)COC1. The molecule has 0 radical (unpaired) electrons. The van der Waals surface area contributed by atoms with Gasteiger partial charge in [-0.25, -0.2) is 4.98 Å². The normalized spacial score (nSPS) is 17.8. The number of hydrogen-bond acceptors (Lipinski definition) is 4. The smallest absolute Gasteiger partial charge is 0.137 e. The van der Waals surface area contributed by atoms with E-state index in [1.807, 2.05) is 24.5 Å². The Kier molecular flexibility index (Phi) is 3.03. The highest BCUT2D eigenvalue weighted by Crippen LogP contribution is 2.25. The largest absolute Gasteiger partial charge is 0.396 e. The fourth-order valence-corrected chi connectivity index (χ4v) is 2.27. The molecule has 1 saturated heterocycles. The zero-order chi connectivity index (χ0) is 12.4. The maximum atomic E-state index is 9.34. The van der Waals surface area contributed by atoms with E-state index >= 15 is 0 Å². The number of ether oxygens (including phenoxy) is 1. The summed E-state index contributed by atoms with van der Waals surface area (Å²) in [5.41, 5.74) is 2.05. The molecule has 96 valence electrons. The Bertz CT molecular complexity index is 528. The molecule has 0 bridgehead atoms. The zero-order valence-corrected chi connectivity index (χ0v) is 10.1. The molecule has 0 unspecified atom stereocenters. The van der Waals surface area contributed by atoms with E-state index in [2.05, 4.69) is 15.3 Å². The molecule has 0 amide bonds. The summed E-state index contributed by atoms with van der Waals surface area (Å²) in [6, 6.07) is 4.06. The van der Waals surface area contributed by atoms with E-state index in [-0.39, 0.29) is 12.0 Å². The molecule has 0 aromatic carbocycles. The van der Waals surface area contributed by atoms with Gasteiger partial charge in [0.2, 0.25) is 0 Å². The van der Waals surface area contributed by atoms with Crippen LogP contribution in [0.5, 0.6) is 0 Å². The molecule has 0 spiro atoms. The first-order valence-electron chi connectivity index (χ1n) is 6.13. The van der Waals surface area contributed by atoms with E-state index in [1.165, 1.54) is 5.56 Å². The highest BCUT2D eigenvalue weighted by atomic mass is 16.5. The van der Waals surface area contributed by atoms with Crippen LogP contribution in [0.15, 0.2) is 24.5 Å². The first-order valence-corrected chi connectivity index (χ1v) is 6.13. The van der Waals surface area contributed by atoms with Gasteiger partial charge in [0.05, 0.1) is 25.2 Å². The van der Waals surface area contributed by atoms with Crippen molar-refractivity contribution in [3.8, 4) is 0 Å². The van der Waals surface area contributed by atoms with Crippen molar-refractivity contribution in [2.75, 3.05) is 26.4 Å². The van der Waals surface area contributed by atoms with Crippen LogP contribution in [0.1, 0.15) is 5.56 Å². The highest BCUT2D eigenvalue weighted by molar-refractivity contribution is 5.79. The quantitative estimate of drug-likeness (QED) is 0.726. The van der Waals surface area contributed by atoms with Crippen LogP contribution in [0.3, 0.4) is 0 Å². The Labute approximate surface area is 105 Å². The number of aliphatic hydroxyl groups excluding tert-OH is 1. The lowest BCUT2D eigenvalue weighted by Gasteiger charge is -2.40. The van der Waals surface area contributed by atoms with Gasteiger partial charge in [-0.3, -0.25) is 0 Å². The van der Waals surface area contributed by atoms with E-state index < -0.39 is 0 Å². The molecule has 0 aliphatic carbocycles. The molecule has 2 aromatic rings. The second kappa shape index (κ2) is 4.68. The highest BCUT2D eigenvalue weighted by Gasteiger charge is 2.37. The average Bonchev–Trinajstić information content (AvgIpc) is 2.81. The number of H-pyrrole nitrogens is 1. The number of aromatic nitrogens is 2. The summed E-state index contributed by atoms with van der Waals surface area (Å²) in [6.45, 7) is 3.02. The van der Waals surface area contributed by atoms with Crippen LogP contribution in [0, 0.1) is 5.41 Å². The van der Waals surface area contributed by atoms with Crippen molar-refractivity contribution in [3.05, 3.63) is 30.1 Å². The van der Waals surface area contributed by atoms with Crippen molar-refractivity contribution in [2.45, 2.75) is 6.54 Å². The third-order valence-corrected chi connectivity index (χ3v) is 3.52. The third-order valence-electron chi connectivity index (χ3n) is 3.52. The molecule has 1 aliphatic rings. The van der Waals surface area contributed by atoms with Crippen molar-refractivity contribution in [2.24, 2.45) is 5.41 Å². The Morgan fingerprint density at radius 3 is 3.06 bits per heavy atom. The summed E-state index contributed by atoms with van der Waals surface area (Å²) >= 11 is 0. The van der Waals surface area contributed by atoms with Crippen molar-refractivity contribution < 1.29 is 9.84 Å². The second-order valence-corrected chi connectivity index (χ2v) is 4.96. The Morgan fingerprint density at radius 2 is 2.33 bits per heavy atom. The predicted molar refractivity (Wildman–Crippen MR) is 68.1 cm³/mol. The molecule has 0 atom stereocenters. The minimum absolute atomic E-state index is 0.0791. The number of nitrogens with one attached hydrogen (secondary N) is 2. The van der Waals surface area contributed by atoms with Crippen molar-refractivity contribution >= 4 is 11.0 Å². The number of aliphatic hydroxyl groups is 1. The third kappa shape index (κ3) is 2.01. The van der Waals surface area contributed by atoms with Gasteiger partial charge in [0.15, 0.2) is 0 Å². The molecule has 1 fully saturated rings. The van der Waals surface area contributed by atoms with E-state index in [4.69, 9.17) is 4.74 Å². The summed E-state index contributed by atoms with van der Waals surface area (Å²) in [7, 11) is 0. The molecule has 3 heterocycles. The van der Waals surface area contributed by atoms with E-state index in [1.54, 1.807) is 0 Å². The predicted octanol–water partition coefficient (Wildman–Crippen LogP) is 0.661. The van der Waals surface area contributed by atoms with Crippen LogP contribution >= 0.6 is 0 Å². The van der Waals surface area contributed by atoms with Gasteiger partial charge in [-0.2, -0.15) is 0 Å². The Balaban J connectivity index is 1.64. The molecular weight excluding hydrogens is 230 g/mol. The molecular formula is C13H17N3O2. The lowest BCUT2D eigenvalue weighted by atomic mass is 9.87. The minimum atomic E-state index is -0.0791. The second-order valence-electron chi connectivity index (χ2n) is 4.96. The molecule has 18 heavy (non-hydrogen) atoms. The molecule has 3 N–H and O–H groups in total. The first-order chi connectivity index (χ1) is 8.83. The number of rotatable bonds is 5. The maximum absolute atomic E-state index is 9.34. The number of fused-ring (bicyclic) bond motifs is 1. The Morgan fingerprint density at radius 1 is 1.44 bits per heavy atom. The molecule has 0 saturated carbocycles.